The average Bonchev–Trinajstić information content (AvgIpc) is 3.38. The Kier molecular flexibility index (Phi) is 5.33. The molecule has 0 atom stereocenters. The number of hydrogen-bond acceptors (Lipinski definition) is 6. The number of aromatic nitrogens is 7. The molecule has 0 spiro atoms. The maximum atomic E-state index is 13.8. The van der Waals surface area contributed by atoms with Crippen LogP contribution in [0.4, 0.5) is 18.9 Å². The molecule has 4 aromatic rings. The second-order valence-electron chi connectivity index (χ2n) is 5.95. The Bertz CT molecular complexity index is 1240. The minimum absolute atomic E-state index is 0.133. The van der Waals surface area contributed by atoms with Crippen LogP contribution in [0, 0.1) is 0 Å². The highest BCUT2D eigenvalue weighted by Crippen LogP contribution is 2.35. The van der Waals surface area contributed by atoms with Crippen molar-refractivity contribution in [1.29, 1.82) is 0 Å². The lowest BCUT2D eigenvalue weighted by atomic mass is 10.2. The highest BCUT2D eigenvalue weighted by Gasteiger charge is 2.41. The number of nitrogens with zero attached hydrogens (tertiary/aromatic N) is 7. The number of halogens is 5. The molecule has 1 N–H and O–H groups in total. The summed E-state index contributed by atoms with van der Waals surface area (Å²) < 4.78 is 41.8. The molecule has 4 heterocycles. The third-order valence-corrected chi connectivity index (χ3v) is 4.39. The van der Waals surface area contributed by atoms with Gasteiger partial charge in [0.15, 0.2) is 17.3 Å². The van der Waals surface area contributed by atoms with Crippen LogP contribution in [-0.2, 0) is 6.18 Å². The van der Waals surface area contributed by atoms with Gasteiger partial charge in [-0.15, -0.1) is 4.80 Å². The van der Waals surface area contributed by atoms with E-state index in [2.05, 4.69) is 30.6 Å². The topological polar surface area (TPSA) is 103 Å². The summed E-state index contributed by atoms with van der Waals surface area (Å²) in [7, 11) is 0. The fourth-order valence-corrected chi connectivity index (χ4v) is 3.08. The molecule has 0 aromatic carbocycles. The van der Waals surface area contributed by atoms with E-state index in [1.807, 2.05) is 0 Å². The molecule has 0 saturated carbocycles. The van der Waals surface area contributed by atoms with E-state index in [0.29, 0.717) is 10.5 Å². The first-order valence-corrected chi connectivity index (χ1v) is 9.10. The number of amides is 1. The molecule has 9 nitrogen and oxygen atoms in total. The standard InChI is InChI=1S/C17H9Cl2F3N8O/c18-9-5-12(19)15(24-6-9)29-14(17(20,21)22)11(8-27-29)16(31)28-10-1-2-13(23-7-10)30-25-3-4-26-30/h1-8H,(H,28,31). The van der Waals surface area contributed by atoms with Crippen molar-refractivity contribution in [1.82, 2.24) is 34.7 Å². The van der Waals surface area contributed by atoms with Crippen LogP contribution >= 0.6 is 23.2 Å². The summed E-state index contributed by atoms with van der Waals surface area (Å²) >= 11 is 11.7. The van der Waals surface area contributed by atoms with Gasteiger partial charge >= 0.3 is 6.18 Å². The van der Waals surface area contributed by atoms with Crippen LogP contribution in [0.3, 0.4) is 0 Å². The summed E-state index contributed by atoms with van der Waals surface area (Å²) in [6.07, 6.45) is 1.13. The fourth-order valence-electron chi connectivity index (χ4n) is 2.62. The molecular weight excluding hydrogens is 460 g/mol. The monoisotopic (exact) mass is 468 g/mol. The lowest BCUT2D eigenvalue weighted by Gasteiger charge is -2.13. The Morgan fingerprint density at radius 2 is 1.74 bits per heavy atom. The molecule has 0 fully saturated rings. The van der Waals surface area contributed by atoms with Gasteiger partial charge < -0.3 is 5.32 Å². The molecule has 0 unspecified atom stereocenters. The lowest BCUT2D eigenvalue weighted by molar-refractivity contribution is -0.143. The predicted molar refractivity (Wildman–Crippen MR) is 103 cm³/mol. The molecule has 1 amide bonds. The number of carbonyl (C=O) groups excluding carboxylic acids is 1. The number of nitrogens with one attached hydrogen (secondary N) is 1. The van der Waals surface area contributed by atoms with Crippen molar-refractivity contribution >= 4 is 34.8 Å². The van der Waals surface area contributed by atoms with E-state index in [1.165, 1.54) is 41.6 Å². The second-order valence-corrected chi connectivity index (χ2v) is 6.80. The largest absolute Gasteiger partial charge is 0.434 e. The molecule has 0 aliphatic carbocycles. The first kappa shape index (κ1) is 20.8. The van der Waals surface area contributed by atoms with Crippen LogP contribution in [0.1, 0.15) is 16.1 Å². The smallest absolute Gasteiger partial charge is 0.320 e. The molecule has 4 aromatic heterocycles. The Labute approximate surface area is 181 Å². The average molecular weight is 469 g/mol. The number of alkyl halides is 3. The van der Waals surface area contributed by atoms with Gasteiger partial charge in [0.1, 0.15) is 0 Å². The molecule has 31 heavy (non-hydrogen) atoms. The first-order chi connectivity index (χ1) is 14.7. The van der Waals surface area contributed by atoms with Crippen molar-refractivity contribution in [3.05, 3.63) is 70.5 Å². The van der Waals surface area contributed by atoms with Crippen molar-refractivity contribution in [2.45, 2.75) is 6.18 Å². The van der Waals surface area contributed by atoms with Crippen molar-refractivity contribution < 1.29 is 18.0 Å². The fraction of sp³-hybridized carbons (Fsp3) is 0.0588. The normalized spacial score (nSPS) is 11.5. The summed E-state index contributed by atoms with van der Waals surface area (Å²) in [5.74, 6) is -1.01. The van der Waals surface area contributed by atoms with Crippen LogP contribution in [0.2, 0.25) is 10.0 Å². The summed E-state index contributed by atoms with van der Waals surface area (Å²) in [5, 5.41) is 13.8. The first-order valence-electron chi connectivity index (χ1n) is 8.35. The highest BCUT2D eigenvalue weighted by molar-refractivity contribution is 6.35. The van der Waals surface area contributed by atoms with Gasteiger partial charge in [0, 0.05) is 6.20 Å². The van der Waals surface area contributed by atoms with E-state index in [4.69, 9.17) is 23.2 Å². The molecular formula is C17H9Cl2F3N8O. The second kappa shape index (κ2) is 7.96. The van der Waals surface area contributed by atoms with Crippen molar-refractivity contribution in [3.8, 4) is 11.6 Å². The van der Waals surface area contributed by atoms with E-state index in [-0.39, 0.29) is 21.6 Å². The quantitative estimate of drug-likeness (QED) is 0.488. The maximum Gasteiger partial charge on any atom is 0.434 e. The van der Waals surface area contributed by atoms with Gasteiger partial charge in [-0.2, -0.15) is 28.5 Å². The molecule has 14 heteroatoms. The molecule has 0 saturated heterocycles. The van der Waals surface area contributed by atoms with E-state index < -0.39 is 23.3 Å². The van der Waals surface area contributed by atoms with Gasteiger partial charge in [-0.25, -0.2) is 14.6 Å². The van der Waals surface area contributed by atoms with E-state index in [9.17, 15) is 18.0 Å². The van der Waals surface area contributed by atoms with E-state index in [1.54, 1.807) is 0 Å². The van der Waals surface area contributed by atoms with Crippen molar-refractivity contribution in [2.24, 2.45) is 0 Å². The van der Waals surface area contributed by atoms with Crippen LogP contribution in [0.15, 0.2) is 49.2 Å². The summed E-state index contributed by atoms with van der Waals surface area (Å²) in [5.41, 5.74) is -1.91. The Morgan fingerprint density at radius 1 is 1.00 bits per heavy atom. The van der Waals surface area contributed by atoms with Crippen molar-refractivity contribution in [2.75, 3.05) is 5.32 Å². The minimum atomic E-state index is -4.93. The maximum absolute atomic E-state index is 13.8. The van der Waals surface area contributed by atoms with Gasteiger partial charge in [-0.3, -0.25) is 4.79 Å². The number of hydrogen-bond donors (Lipinski definition) is 1. The Morgan fingerprint density at radius 3 is 2.35 bits per heavy atom. The van der Waals surface area contributed by atoms with Gasteiger partial charge in [-0.05, 0) is 18.2 Å². The zero-order valence-corrected chi connectivity index (χ0v) is 16.6. The zero-order chi connectivity index (χ0) is 22.2. The van der Waals surface area contributed by atoms with E-state index >= 15 is 0 Å². The minimum Gasteiger partial charge on any atom is -0.320 e. The summed E-state index contributed by atoms with van der Waals surface area (Å²) in [6.45, 7) is 0. The third-order valence-electron chi connectivity index (χ3n) is 3.90. The van der Waals surface area contributed by atoms with Crippen LogP contribution in [-0.4, -0.2) is 40.6 Å². The van der Waals surface area contributed by atoms with Gasteiger partial charge in [-0.1, -0.05) is 23.2 Å². The SMILES string of the molecule is O=C(Nc1ccc(-n2nccn2)nc1)c1cnn(-c2ncc(Cl)cc2Cl)c1C(F)(F)F. The molecule has 0 radical (unpaired) electrons. The summed E-state index contributed by atoms with van der Waals surface area (Å²) in [6, 6.07) is 4.15. The lowest BCUT2D eigenvalue weighted by Crippen LogP contribution is -2.21. The van der Waals surface area contributed by atoms with Crippen LogP contribution in [0.5, 0.6) is 0 Å². The molecule has 0 aliphatic heterocycles. The van der Waals surface area contributed by atoms with Crippen LogP contribution in [0.25, 0.3) is 11.6 Å². The number of rotatable bonds is 4. The van der Waals surface area contributed by atoms with Crippen LogP contribution < -0.4 is 5.32 Å². The van der Waals surface area contributed by atoms with Gasteiger partial charge in [0.25, 0.3) is 5.91 Å². The Balaban J connectivity index is 1.66. The predicted octanol–water partition coefficient (Wildman–Crippen LogP) is 3.82. The van der Waals surface area contributed by atoms with E-state index in [0.717, 1.165) is 12.4 Å². The van der Waals surface area contributed by atoms with Gasteiger partial charge in [0.2, 0.25) is 0 Å². The number of carbonyl (C=O) groups is 1. The zero-order valence-electron chi connectivity index (χ0n) is 15.0. The number of pyridine rings is 2. The summed E-state index contributed by atoms with van der Waals surface area (Å²) in [4.78, 5) is 21.7. The Hall–Kier alpha value is -3.51. The molecule has 0 aliphatic rings. The molecule has 158 valence electrons. The number of anilines is 1. The molecule has 0 bridgehead atoms. The third kappa shape index (κ3) is 4.20. The molecule has 4 rings (SSSR count). The van der Waals surface area contributed by atoms with Crippen molar-refractivity contribution in [3.63, 3.8) is 0 Å². The highest BCUT2D eigenvalue weighted by atomic mass is 35.5. The van der Waals surface area contributed by atoms with Gasteiger partial charge in [0.05, 0.1) is 46.1 Å².